The van der Waals surface area contributed by atoms with Crippen LogP contribution in [0.4, 0.5) is 19.0 Å². The first-order valence-corrected chi connectivity index (χ1v) is 8.94. The number of hydrogen-bond acceptors (Lipinski definition) is 5. The number of pyridine rings is 1. The Kier molecular flexibility index (Phi) is 6.12. The van der Waals surface area contributed by atoms with Gasteiger partial charge in [0.1, 0.15) is 11.5 Å². The average Bonchev–Trinajstić information content (AvgIpc) is 2.68. The minimum atomic E-state index is -4.76. The summed E-state index contributed by atoms with van der Waals surface area (Å²) in [6, 6.07) is 3.29. The second-order valence-corrected chi connectivity index (χ2v) is 6.66. The van der Waals surface area contributed by atoms with Gasteiger partial charge in [0, 0.05) is 25.6 Å². The van der Waals surface area contributed by atoms with E-state index in [0.717, 1.165) is 5.56 Å². The van der Waals surface area contributed by atoms with E-state index in [0.29, 0.717) is 43.0 Å². The van der Waals surface area contributed by atoms with Gasteiger partial charge in [-0.25, -0.2) is 9.97 Å². The van der Waals surface area contributed by atoms with Crippen molar-refractivity contribution in [3.63, 3.8) is 0 Å². The molecule has 0 bridgehead atoms. The summed E-state index contributed by atoms with van der Waals surface area (Å²) in [4.78, 5) is 32.3. The molecule has 0 aromatic carbocycles. The third-order valence-electron chi connectivity index (χ3n) is 4.40. The number of anilines is 1. The molecule has 0 atom stereocenters. The Morgan fingerprint density at radius 3 is 2.59 bits per heavy atom. The second kappa shape index (κ2) is 8.56. The van der Waals surface area contributed by atoms with Crippen LogP contribution < -0.4 is 10.9 Å². The van der Waals surface area contributed by atoms with Crippen molar-refractivity contribution >= 4 is 17.4 Å². The van der Waals surface area contributed by atoms with Crippen molar-refractivity contribution in [2.24, 2.45) is 5.92 Å². The summed E-state index contributed by atoms with van der Waals surface area (Å²) in [5.41, 5.74) is -1.45. The maximum absolute atomic E-state index is 13.1. The zero-order chi connectivity index (χ0) is 21.0. The summed E-state index contributed by atoms with van der Waals surface area (Å²) in [6.45, 7) is 2.76. The Labute approximate surface area is 164 Å². The highest BCUT2D eigenvalue weighted by atomic mass is 19.4. The maximum atomic E-state index is 13.1. The number of hydrogen-bond donors (Lipinski definition) is 1. The van der Waals surface area contributed by atoms with Crippen LogP contribution in [-0.4, -0.2) is 33.7 Å². The van der Waals surface area contributed by atoms with Gasteiger partial charge >= 0.3 is 6.18 Å². The first-order valence-electron chi connectivity index (χ1n) is 8.94. The number of nitrogens with one attached hydrogen (secondary N) is 1. The summed E-state index contributed by atoms with van der Waals surface area (Å²) in [5, 5.41) is 2.53. The molecule has 0 spiro atoms. The van der Waals surface area contributed by atoms with Gasteiger partial charge in [-0.05, 0) is 37.3 Å². The summed E-state index contributed by atoms with van der Waals surface area (Å²) < 4.78 is 45.2. The van der Waals surface area contributed by atoms with Crippen molar-refractivity contribution < 1.29 is 22.7 Å². The van der Waals surface area contributed by atoms with Crippen LogP contribution in [0.25, 0.3) is 5.70 Å². The summed E-state index contributed by atoms with van der Waals surface area (Å²) in [6.07, 6.45) is 0.560. The highest BCUT2D eigenvalue weighted by Crippen LogP contribution is 2.27. The zero-order valence-corrected chi connectivity index (χ0v) is 15.6. The fraction of sp³-hybridized carbons (Fsp3) is 0.368. The predicted molar refractivity (Wildman–Crippen MR) is 98.9 cm³/mol. The lowest BCUT2D eigenvalue weighted by atomic mass is 9.98. The molecule has 3 heterocycles. The van der Waals surface area contributed by atoms with Crippen molar-refractivity contribution in [1.29, 1.82) is 0 Å². The Morgan fingerprint density at radius 1 is 1.24 bits per heavy atom. The van der Waals surface area contributed by atoms with E-state index in [1.54, 1.807) is 12.1 Å². The van der Waals surface area contributed by atoms with Gasteiger partial charge in [0.05, 0.1) is 6.20 Å². The van der Waals surface area contributed by atoms with Crippen LogP contribution in [0.15, 0.2) is 41.6 Å². The molecule has 1 aliphatic heterocycles. The Bertz CT molecular complexity index is 962. The number of carbonyl (C=O) groups excluding carboxylic acids is 1. The van der Waals surface area contributed by atoms with Crippen molar-refractivity contribution in [3.8, 4) is 0 Å². The van der Waals surface area contributed by atoms with E-state index in [4.69, 9.17) is 4.74 Å². The normalized spacial score (nSPS) is 15.9. The number of aryl methyl sites for hydroxylation is 1. The van der Waals surface area contributed by atoms with E-state index in [1.807, 2.05) is 6.92 Å². The third kappa shape index (κ3) is 5.29. The van der Waals surface area contributed by atoms with Crippen molar-refractivity contribution in [2.75, 3.05) is 18.5 Å². The van der Waals surface area contributed by atoms with Gasteiger partial charge in [-0.15, -0.1) is 0 Å². The monoisotopic (exact) mass is 408 g/mol. The Balaban J connectivity index is 2.01. The van der Waals surface area contributed by atoms with E-state index in [1.165, 1.54) is 12.3 Å². The molecule has 1 N–H and O–H groups in total. The minimum Gasteiger partial charge on any atom is -0.381 e. The van der Waals surface area contributed by atoms with Crippen LogP contribution in [0.2, 0.25) is 0 Å². The molecule has 0 unspecified atom stereocenters. The number of rotatable bonds is 4. The molecule has 2 aromatic rings. The molecule has 0 saturated carbocycles. The van der Waals surface area contributed by atoms with Crippen LogP contribution in [0.1, 0.15) is 24.1 Å². The number of carbonyl (C=O) groups is 1. The van der Waals surface area contributed by atoms with Crippen molar-refractivity contribution in [1.82, 2.24) is 14.5 Å². The molecular formula is C19H19F3N4O3. The largest absolute Gasteiger partial charge is 0.434 e. The number of amides is 1. The SMILES string of the molecule is Cc1ccc(NC(=O)/C(=C\C2CCOCC2)n2cc(C(F)(F)F)ncc2=O)nc1. The molecule has 7 nitrogen and oxygen atoms in total. The predicted octanol–water partition coefficient (Wildman–Crippen LogP) is 2.87. The molecule has 1 saturated heterocycles. The van der Waals surface area contributed by atoms with Gasteiger partial charge in [0.2, 0.25) is 0 Å². The van der Waals surface area contributed by atoms with E-state index < -0.39 is 23.3 Å². The molecule has 3 rings (SSSR count). The van der Waals surface area contributed by atoms with Crippen molar-refractivity contribution in [2.45, 2.75) is 25.9 Å². The smallest absolute Gasteiger partial charge is 0.381 e. The molecule has 154 valence electrons. The first kappa shape index (κ1) is 20.7. The standard InChI is InChI=1S/C19H19F3N4O3/c1-12-2-3-16(24-9-12)25-18(28)14(8-13-4-6-29-7-5-13)26-11-15(19(20,21)22)23-10-17(26)27/h2-3,8-11,13H,4-7H2,1H3,(H,24,25,28)/b14-8+. The van der Waals surface area contributed by atoms with Gasteiger partial charge in [-0.2, -0.15) is 13.2 Å². The summed E-state index contributed by atoms with van der Waals surface area (Å²) >= 11 is 0. The zero-order valence-electron chi connectivity index (χ0n) is 15.6. The molecule has 10 heteroatoms. The lowest BCUT2D eigenvalue weighted by Gasteiger charge is -2.21. The summed E-state index contributed by atoms with van der Waals surface area (Å²) in [5.74, 6) is -0.643. The van der Waals surface area contributed by atoms with Crippen molar-refractivity contribution in [3.05, 3.63) is 58.4 Å². The Morgan fingerprint density at radius 2 is 1.97 bits per heavy atom. The highest BCUT2D eigenvalue weighted by Gasteiger charge is 2.34. The number of halogens is 3. The fourth-order valence-corrected chi connectivity index (χ4v) is 2.83. The number of aromatic nitrogens is 3. The number of allylic oxidation sites excluding steroid dienone is 1. The quantitative estimate of drug-likeness (QED) is 0.787. The lowest BCUT2D eigenvalue weighted by Crippen LogP contribution is -2.29. The molecule has 0 aliphatic carbocycles. The molecule has 1 amide bonds. The Hall–Kier alpha value is -3.01. The molecule has 1 fully saturated rings. The van der Waals surface area contributed by atoms with Gasteiger partial charge in [-0.3, -0.25) is 14.2 Å². The van der Waals surface area contributed by atoms with Gasteiger partial charge in [0.25, 0.3) is 11.5 Å². The molecule has 2 aromatic heterocycles. The number of ether oxygens (including phenoxy) is 1. The third-order valence-corrected chi connectivity index (χ3v) is 4.40. The maximum Gasteiger partial charge on any atom is 0.434 e. The van der Waals surface area contributed by atoms with Gasteiger partial charge in [0.15, 0.2) is 5.69 Å². The van der Waals surface area contributed by atoms with Crippen LogP contribution in [0.3, 0.4) is 0 Å². The molecular weight excluding hydrogens is 389 g/mol. The van der Waals surface area contributed by atoms with E-state index in [2.05, 4.69) is 15.3 Å². The van der Waals surface area contributed by atoms with Gasteiger partial charge < -0.3 is 10.1 Å². The van der Waals surface area contributed by atoms with Gasteiger partial charge in [-0.1, -0.05) is 12.1 Å². The van der Waals surface area contributed by atoms with E-state index >= 15 is 0 Å². The lowest BCUT2D eigenvalue weighted by molar-refractivity contribution is -0.141. The van der Waals surface area contributed by atoms with Crippen LogP contribution >= 0.6 is 0 Å². The van der Waals surface area contributed by atoms with E-state index in [-0.39, 0.29) is 17.4 Å². The fourth-order valence-electron chi connectivity index (χ4n) is 2.83. The average molecular weight is 408 g/mol. The van der Waals surface area contributed by atoms with Crippen LogP contribution in [0, 0.1) is 12.8 Å². The van der Waals surface area contributed by atoms with E-state index in [9.17, 15) is 22.8 Å². The highest BCUT2D eigenvalue weighted by molar-refractivity contribution is 6.20. The minimum absolute atomic E-state index is 0.120. The number of alkyl halides is 3. The topological polar surface area (TPSA) is 86.1 Å². The molecule has 29 heavy (non-hydrogen) atoms. The first-order chi connectivity index (χ1) is 13.7. The second-order valence-electron chi connectivity index (χ2n) is 6.66. The number of nitrogens with zero attached hydrogens (tertiary/aromatic N) is 3. The van der Waals surface area contributed by atoms with Crippen LogP contribution in [-0.2, 0) is 15.7 Å². The van der Waals surface area contributed by atoms with Crippen LogP contribution in [0.5, 0.6) is 0 Å². The summed E-state index contributed by atoms with van der Waals surface area (Å²) in [7, 11) is 0. The molecule has 1 aliphatic rings. The molecule has 0 radical (unpaired) electrons.